The van der Waals surface area contributed by atoms with Gasteiger partial charge in [0.25, 0.3) is 0 Å². The zero-order chi connectivity index (χ0) is 16.9. The number of urea groups is 1. The van der Waals surface area contributed by atoms with Gasteiger partial charge in [-0.1, -0.05) is 36.4 Å². The van der Waals surface area contributed by atoms with Crippen LogP contribution in [0.1, 0.15) is 10.4 Å². The summed E-state index contributed by atoms with van der Waals surface area (Å²) in [5, 5.41) is 7.62. The first kappa shape index (κ1) is 15.7. The van der Waals surface area contributed by atoms with E-state index < -0.39 is 0 Å². The third-order valence-corrected chi connectivity index (χ3v) is 3.69. The van der Waals surface area contributed by atoms with Gasteiger partial charge in [0.1, 0.15) is 0 Å². The molecule has 4 N–H and O–H groups in total. The van der Waals surface area contributed by atoms with Crippen LogP contribution in [0.5, 0.6) is 0 Å². The summed E-state index contributed by atoms with van der Waals surface area (Å²) in [7, 11) is 0. The Morgan fingerprint density at radius 3 is 2.29 bits per heavy atom. The second-order valence-electron chi connectivity index (χ2n) is 5.31. The highest BCUT2D eigenvalue weighted by Crippen LogP contribution is 2.23. The molecule has 120 valence electrons. The predicted octanol–water partition coefficient (Wildman–Crippen LogP) is 3.63. The molecule has 0 aliphatic carbocycles. The fourth-order valence-electron chi connectivity index (χ4n) is 2.48. The van der Waals surface area contributed by atoms with E-state index in [-0.39, 0.29) is 18.4 Å². The van der Waals surface area contributed by atoms with Crippen molar-refractivity contribution in [2.45, 2.75) is 0 Å². The molecule has 0 spiro atoms. The maximum Gasteiger partial charge on any atom is 0.323 e. The first-order valence-corrected chi connectivity index (χ1v) is 7.56. The Morgan fingerprint density at radius 2 is 1.54 bits per heavy atom. The van der Waals surface area contributed by atoms with Crippen molar-refractivity contribution in [2.24, 2.45) is 5.73 Å². The molecule has 0 aliphatic rings. The second kappa shape index (κ2) is 6.93. The second-order valence-corrected chi connectivity index (χ2v) is 5.31. The molecule has 0 fully saturated rings. The molecule has 0 unspecified atom stereocenters. The standard InChI is InChI=1S/C19H17N3O2/c20-12-18(23)14-8-10-15(11-9-14)21-19(24)22-17-7-3-5-13-4-1-2-6-16(13)17/h1-11H,12,20H2,(H2,21,22,24). The van der Waals surface area contributed by atoms with E-state index in [1.807, 2.05) is 42.5 Å². The van der Waals surface area contributed by atoms with Crippen LogP contribution >= 0.6 is 0 Å². The van der Waals surface area contributed by atoms with Crippen molar-refractivity contribution >= 4 is 34.0 Å². The molecule has 3 rings (SSSR count). The molecule has 2 amide bonds. The maximum atomic E-state index is 12.2. The fraction of sp³-hybridized carbons (Fsp3) is 0.0526. The van der Waals surface area contributed by atoms with Crippen molar-refractivity contribution in [3.63, 3.8) is 0 Å². The van der Waals surface area contributed by atoms with Gasteiger partial charge in [-0.2, -0.15) is 0 Å². The van der Waals surface area contributed by atoms with Crippen LogP contribution in [0, 0.1) is 0 Å². The van der Waals surface area contributed by atoms with Gasteiger partial charge in [0.05, 0.1) is 12.2 Å². The molecule has 5 heteroatoms. The van der Waals surface area contributed by atoms with Crippen LogP contribution in [-0.4, -0.2) is 18.4 Å². The Kier molecular flexibility index (Phi) is 4.54. The highest BCUT2D eigenvalue weighted by atomic mass is 16.2. The van der Waals surface area contributed by atoms with Crippen LogP contribution in [0.4, 0.5) is 16.2 Å². The topological polar surface area (TPSA) is 84.2 Å². The van der Waals surface area contributed by atoms with Gasteiger partial charge in [0, 0.05) is 16.6 Å². The normalized spacial score (nSPS) is 10.4. The van der Waals surface area contributed by atoms with Gasteiger partial charge in [-0.25, -0.2) is 4.79 Å². The van der Waals surface area contributed by atoms with Crippen molar-refractivity contribution in [1.82, 2.24) is 0 Å². The molecule has 0 atom stereocenters. The molecule has 24 heavy (non-hydrogen) atoms. The smallest absolute Gasteiger partial charge is 0.323 e. The lowest BCUT2D eigenvalue weighted by Crippen LogP contribution is -2.19. The summed E-state index contributed by atoms with van der Waals surface area (Å²) >= 11 is 0. The average molecular weight is 319 g/mol. The number of hydrogen-bond acceptors (Lipinski definition) is 3. The molecule has 0 saturated heterocycles. The Morgan fingerprint density at radius 1 is 0.833 bits per heavy atom. The molecule has 0 radical (unpaired) electrons. The molecular formula is C19H17N3O2. The molecule has 3 aromatic rings. The zero-order valence-electron chi connectivity index (χ0n) is 13.0. The van der Waals surface area contributed by atoms with Gasteiger partial charge in [-0.3, -0.25) is 4.79 Å². The van der Waals surface area contributed by atoms with Crippen molar-refractivity contribution in [1.29, 1.82) is 0 Å². The molecule has 0 heterocycles. The van der Waals surface area contributed by atoms with Crippen LogP contribution in [0.2, 0.25) is 0 Å². The summed E-state index contributed by atoms with van der Waals surface area (Å²) in [6.07, 6.45) is 0. The fourth-order valence-corrected chi connectivity index (χ4v) is 2.48. The Balaban J connectivity index is 1.72. The van der Waals surface area contributed by atoms with Crippen LogP contribution in [-0.2, 0) is 0 Å². The van der Waals surface area contributed by atoms with E-state index in [2.05, 4.69) is 10.6 Å². The number of nitrogens with two attached hydrogens (primary N) is 1. The highest BCUT2D eigenvalue weighted by molar-refractivity contribution is 6.06. The number of anilines is 2. The van der Waals surface area contributed by atoms with E-state index in [1.165, 1.54) is 0 Å². The SMILES string of the molecule is NCC(=O)c1ccc(NC(=O)Nc2cccc3ccccc23)cc1. The maximum absolute atomic E-state index is 12.2. The lowest BCUT2D eigenvalue weighted by Gasteiger charge is -2.10. The molecule has 5 nitrogen and oxygen atoms in total. The number of rotatable bonds is 4. The van der Waals surface area contributed by atoms with E-state index in [0.29, 0.717) is 11.3 Å². The monoisotopic (exact) mass is 319 g/mol. The Bertz CT molecular complexity index is 883. The third-order valence-electron chi connectivity index (χ3n) is 3.69. The van der Waals surface area contributed by atoms with Crippen molar-refractivity contribution in [3.05, 3.63) is 72.3 Å². The van der Waals surface area contributed by atoms with Crippen molar-refractivity contribution in [2.75, 3.05) is 17.2 Å². The number of carbonyl (C=O) groups is 2. The van der Waals surface area contributed by atoms with Gasteiger partial charge >= 0.3 is 6.03 Å². The van der Waals surface area contributed by atoms with Crippen LogP contribution in [0.15, 0.2) is 66.7 Å². The van der Waals surface area contributed by atoms with E-state index in [4.69, 9.17) is 5.73 Å². The number of hydrogen-bond donors (Lipinski definition) is 3. The third kappa shape index (κ3) is 3.42. The number of Topliss-reactive ketones (excluding diaryl/α,β-unsaturated/α-hetero) is 1. The summed E-state index contributed by atoms with van der Waals surface area (Å²) in [5.74, 6) is -0.137. The van der Waals surface area contributed by atoms with Crippen molar-refractivity contribution in [3.8, 4) is 0 Å². The predicted molar refractivity (Wildman–Crippen MR) is 96.4 cm³/mol. The summed E-state index contributed by atoms with van der Waals surface area (Å²) < 4.78 is 0. The minimum Gasteiger partial charge on any atom is -0.324 e. The van der Waals surface area contributed by atoms with Crippen LogP contribution in [0.3, 0.4) is 0 Å². The summed E-state index contributed by atoms with van der Waals surface area (Å²) in [5.41, 5.74) is 7.19. The quantitative estimate of drug-likeness (QED) is 0.642. The van der Waals surface area contributed by atoms with E-state index in [9.17, 15) is 9.59 Å². The molecule has 3 aromatic carbocycles. The number of carbonyl (C=O) groups excluding carboxylic acids is 2. The molecular weight excluding hydrogens is 302 g/mol. The molecule has 0 saturated carbocycles. The summed E-state index contributed by atoms with van der Waals surface area (Å²) in [4.78, 5) is 23.7. The minimum absolute atomic E-state index is 0.0334. The van der Waals surface area contributed by atoms with E-state index in [0.717, 1.165) is 16.5 Å². The Hall–Kier alpha value is -3.18. The lowest BCUT2D eigenvalue weighted by molar-refractivity contribution is 0.100. The number of ketones is 1. The van der Waals surface area contributed by atoms with Gasteiger partial charge in [0.15, 0.2) is 5.78 Å². The number of nitrogens with one attached hydrogen (secondary N) is 2. The number of fused-ring (bicyclic) bond motifs is 1. The van der Waals surface area contributed by atoms with Gasteiger partial charge in [-0.05, 0) is 35.7 Å². The van der Waals surface area contributed by atoms with Gasteiger partial charge < -0.3 is 16.4 Å². The van der Waals surface area contributed by atoms with Gasteiger partial charge in [0.2, 0.25) is 0 Å². The summed E-state index contributed by atoms with van der Waals surface area (Å²) in [6.45, 7) is -0.0334. The first-order chi connectivity index (χ1) is 11.7. The van der Waals surface area contributed by atoms with E-state index >= 15 is 0 Å². The van der Waals surface area contributed by atoms with Crippen LogP contribution < -0.4 is 16.4 Å². The Labute approximate surface area is 139 Å². The average Bonchev–Trinajstić information content (AvgIpc) is 2.62. The minimum atomic E-state index is -0.343. The van der Waals surface area contributed by atoms with Crippen LogP contribution in [0.25, 0.3) is 10.8 Å². The largest absolute Gasteiger partial charge is 0.324 e. The van der Waals surface area contributed by atoms with E-state index in [1.54, 1.807) is 24.3 Å². The number of benzene rings is 3. The molecule has 0 bridgehead atoms. The highest BCUT2D eigenvalue weighted by Gasteiger charge is 2.07. The molecule has 0 aromatic heterocycles. The van der Waals surface area contributed by atoms with Gasteiger partial charge in [-0.15, -0.1) is 0 Å². The van der Waals surface area contributed by atoms with Crippen molar-refractivity contribution < 1.29 is 9.59 Å². The first-order valence-electron chi connectivity index (χ1n) is 7.56. The lowest BCUT2D eigenvalue weighted by atomic mass is 10.1. The summed E-state index contributed by atoms with van der Waals surface area (Å²) in [6, 6.07) is 19.9. The molecule has 0 aliphatic heterocycles. The zero-order valence-corrected chi connectivity index (χ0v) is 13.0. The number of amides is 2.